The molecule has 0 spiro atoms. The Hall–Kier alpha value is 0.200. The molecule has 4 unspecified atom stereocenters. The number of esters is 1. The van der Waals surface area contributed by atoms with E-state index in [2.05, 4.69) is 57.2 Å². The Kier molecular flexibility index (Phi) is 4.54. The summed E-state index contributed by atoms with van der Waals surface area (Å²) >= 11 is 2.49. The minimum Gasteiger partial charge on any atom is -0.462 e. The van der Waals surface area contributed by atoms with Crippen molar-refractivity contribution in [2.75, 3.05) is 4.43 Å². The summed E-state index contributed by atoms with van der Waals surface area (Å²) in [6, 6.07) is 0. The molecule has 0 heterocycles. The molecular formula is C14H25IO2. The molecule has 0 radical (unpaired) electrons. The van der Waals surface area contributed by atoms with Gasteiger partial charge in [0, 0.05) is 16.8 Å². The molecule has 0 N–H and O–H groups in total. The van der Waals surface area contributed by atoms with E-state index in [1.807, 2.05) is 0 Å². The first-order chi connectivity index (χ1) is 7.64. The van der Waals surface area contributed by atoms with Crippen molar-refractivity contribution in [2.24, 2.45) is 22.7 Å². The lowest BCUT2D eigenvalue weighted by molar-refractivity contribution is -0.171. The van der Waals surface area contributed by atoms with Gasteiger partial charge in [-0.2, -0.15) is 0 Å². The zero-order valence-electron chi connectivity index (χ0n) is 11.8. The zero-order chi connectivity index (χ0) is 13.4. The molecule has 1 aliphatic rings. The molecule has 0 bridgehead atoms. The topological polar surface area (TPSA) is 26.3 Å². The second-order valence-corrected chi connectivity index (χ2v) is 7.39. The number of hydrogen-bond donors (Lipinski definition) is 0. The summed E-state index contributed by atoms with van der Waals surface area (Å²) in [7, 11) is 0. The molecule has 2 nitrogen and oxygen atoms in total. The van der Waals surface area contributed by atoms with Crippen LogP contribution in [0.4, 0.5) is 0 Å². The highest BCUT2D eigenvalue weighted by molar-refractivity contribution is 14.1. The normalized spacial score (nSPS) is 41.0. The lowest BCUT2D eigenvalue weighted by atomic mass is 9.55. The molecule has 0 aliphatic heterocycles. The van der Waals surface area contributed by atoms with E-state index in [0.29, 0.717) is 17.3 Å². The molecule has 0 aromatic rings. The zero-order valence-corrected chi connectivity index (χ0v) is 14.0. The maximum absolute atomic E-state index is 11.3. The second kappa shape index (κ2) is 5.06. The Morgan fingerprint density at radius 2 is 1.88 bits per heavy atom. The molecule has 1 aliphatic carbocycles. The van der Waals surface area contributed by atoms with E-state index in [4.69, 9.17) is 4.74 Å². The quantitative estimate of drug-likeness (QED) is 0.426. The fourth-order valence-corrected chi connectivity index (χ4v) is 4.49. The Bertz CT molecular complexity index is 301. The van der Waals surface area contributed by atoms with Crippen LogP contribution in [-0.2, 0) is 9.53 Å². The molecule has 100 valence electrons. The summed E-state index contributed by atoms with van der Waals surface area (Å²) in [5.74, 6) is 0.847. The molecule has 1 fully saturated rings. The Labute approximate surface area is 119 Å². The van der Waals surface area contributed by atoms with Gasteiger partial charge in [-0.3, -0.25) is 4.79 Å². The number of hydrogen-bond acceptors (Lipinski definition) is 2. The van der Waals surface area contributed by atoms with Gasteiger partial charge in [-0.1, -0.05) is 57.2 Å². The molecular weight excluding hydrogens is 327 g/mol. The number of halogens is 1. The summed E-state index contributed by atoms with van der Waals surface area (Å²) in [5.41, 5.74) is 0.414. The Balaban J connectivity index is 3.00. The molecule has 4 atom stereocenters. The van der Waals surface area contributed by atoms with Crippen LogP contribution < -0.4 is 0 Å². The minimum absolute atomic E-state index is 0.0472. The van der Waals surface area contributed by atoms with Crippen molar-refractivity contribution in [1.82, 2.24) is 0 Å². The fourth-order valence-electron chi connectivity index (χ4n) is 3.53. The maximum Gasteiger partial charge on any atom is 0.302 e. The highest BCUT2D eigenvalue weighted by Gasteiger charge is 2.51. The van der Waals surface area contributed by atoms with Crippen LogP contribution in [0.25, 0.3) is 0 Å². The first-order valence-electron chi connectivity index (χ1n) is 6.37. The number of carbonyl (C=O) groups is 1. The van der Waals surface area contributed by atoms with Crippen LogP contribution in [0.5, 0.6) is 0 Å². The lowest BCUT2D eigenvalue weighted by Crippen LogP contribution is -2.53. The number of rotatable bonds is 2. The first-order valence-corrected chi connectivity index (χ1v) is 7.90. The van der Waals surface area contributed by atoms with Crippen LogP contribution in [0.15, 0.2) is 0 Å². The summed E-state index contributed by atoms with van der Waals surface area (Å²) in [4.78, 5) is 11.3. The van der Waals surface area contributed by atoms with E-state index >= 15 is 0 Å². The van der Waals surface area contributed by atoms with E-state index in [1.165, 1.54) is 6.92 Å². The largest absolute Gasteiger partial charge is 0.462 e. The monoisotopic (exact) mass is 352 g/mol. The summed E-state index contributed by atoms with van der Waals surface area (Å²) in [5, 5.41) is 0. The third-order valence-electron chi connectivity index (χ3n) is 4.59. The third kappa shape index (κ3) is 2.96. The average Bonchev–Trinajstić information content (AvgIpc) is 2.21. The number of ether oxygens (including phenoxy) is 1. The molecule has 3 heteroatoms. The fraction of sp³-hybridized carbons (Fsp3) is 0.929. The van der Waals surface area contributed by atoms with Crippen molar-refractivity contribution >= 4 is 28.6 Å². The SMILES string of the molecule is CC(=O)OC1C(C)C(C)C(C)(CI)CC1(C)C. The highest BCUT2D eigenvalue weighted by atomic mass is 127. The first kappa shape index (κ1) is 15.3. The predicted molar refractivity (Wildman–Crippen MR) is 79.3 cm³/mol. The molecule has 0 aromatic carbocycles. The van der Waals surface area contributed by atoms with Crippen molar-refractivity contribution in [2.45, 2.75) is 54.1 Å². The van der Waals surface area contributed by atoms with Gasteiger partial charge < -0.3 is 4.74 Å². The van der Waals surface area contributed by atoms with Gasteiger partial charge in [0.2, 0.25) is 0 Å². The minimum atomic E-state index is -0.153. The van der Waals surface area contributed by atoms with Crippen LogP contribution in [0, 0.1) is 22.7 Å². The predicted octanol–water partition coefficient (Wildman–Crippen LogP) is 4.06. The van der Waals surface area contributed by atoms with Crippen molar-refractivity contribution in [3.63, 3.8) is 0 Å². The third-order valence-corrected chi connectivity index (χ3v) is 6.34. The Morgan fingerprint density at radius 3 is 2.29 bits per heavy atom. The van der Waals surface area contributed by atoms with Gasteiger partial charge in [0.15, 0.2) is 0 Å². The molecule has 17 heavy (non-hydrogen) atoms. The standard InChI is InChI=1S/C14H25IO2/c1-9-10(2)14(6,8-15)7-13(4,5)12(9)17-11(3)16/h9-10,12H,7-8H2,1-6H3. The number of alkyl halides is 1. The van der Waals surface area contributed by atoms with Crippen LogP contribution in [0.2, 0.25) is 0 Å². The van der Waals surface area contributed by atoms with Crippen LogP contribution in [0.3, 0.4) is 0 Å². The maximum atomic E-state index is 11.3. The molecule has 0 aromatic heterocycles. The van der Waals surface area contributed by atoms with Crippen molar-refractivity contribution < 1.29 is 9.53 Å². The average molecular weight is 352 g/mol. The molecule has 1 rings (SSSR count). The number of carbonyl (C=O) groups excluding carboxylic acids is 1. The van der Waals surface area contributed by atoms with E-state index in [0.717, 1.165) is 10.8 Å². The van der Waals surface area contributed by atoms with E-state index < -0.39 is 0 Å². The van der Waals surface area contributed by atoms with Gasteiger partial charge >= 0.3 is 5.97 Å². The summed E-state index contributed by atoms with van der Waals surface area (Å²) < 4.78 is 6.74. The molecule has 1 saturated carbocycles. The second-order valence-electron chi connectivity index (χ2n) is 6.63. The van der Waals surface area contributed by atoms with E-state index in [1.54, 1.807) is 0 Å². The van der Waals surface area contributed by atoms with Crippen molar-refractivity contribution in [1.29, 1.82) is 0 Å². The van der Waals surface area contributed by atoms with Crippen molar-refractivity contribution in [3.05, 3.63) is 0 Å². The van der Waals surface area contributed by atoms with Crippen LogP contribution >= 0.6 is 22.6 Å². The Morgan fingerprint density at radius 1 is 1.35 bits per heavy atom. The molecule has 0 saturated heterocycles. The lowest BCUT2D eigenvalue weighted by Gasteiger charge is -2.54. The van der Waals surface area contributed by atoms with E-state index in [9.17, 15) is 4.79 Å². The molecule has 0 amide bonds. The van der Waals surface area contributed by atoms with Gasteiger partial charge in [0.05, 0.1) is 0 Å². The van der Waals surface area contributed by atoms with Gasteiger partial charge in [-0.15, -0.1) is 0 Å². The van der Waals surface area contributed by atoms with Gasteiger partial charge in [0.1, 0.15) is 6.10 Å². The van der Waals surface area contributed by atoms with Gasteiger partial charge in [-0.05, 0) is 23.7 Å². The van der Waals surface area contributed by atoms with Crippen LogP contribution in [-0.4, -0.2) is 16.5 Å². The van der Waals surface area contributed by atoms with Crippen molar-refractivity contribution in [3.8, 4) is 0 Å². The summed E-state index contributed by atoms with van der Waals surface area (Å²) in [6.45, 7) is 12.9. The summed E-state index contributed by atoms with van der Waals surface area (Å²) in [6.07, 6.45) is 1.16. The van der Waals surface area contributed by atoms with E-state index in [-0.39, 0.29) is 17.5 Å². The smallest absolute Gasteiger partial charge is 0.302 e. The van der Waals surface area contributed by atoms with Crippen LogP contribution in [0.1, 0.15) is 48.0 Å². The highest BCUT2D eigenvalue weighted by Crippen LogP contribution is 2.53. The van der Waals surface area contributed by atoms with Gasteiger partial charge in [0.25, 0.3) is 0 Å². The van der Waals surface area contributed by atoms with Gasteiger partial charge in [-0.25, -0.2) is 0 Å².